The number of carbonyl (C=O) groups is 2. The van der Waals surface area contributed by atoms with Gasteiger partial charge in [0.05, 0.1) is 5.84 Å². The highest BCUT2D eigenvalue weighted by Crippen LogP contribution is 2.02. The summed E-state index contributed by atoms with van der Waals surface area (Å²) < 4.78 is 0. The van der Waals surface area contributed by atoms with E-state index in [4.69, 9.17) is 10.8 Å². The number of amidine groups is 1. The number of nitrogens with one attached hydrogen (secondary N) is 1. The zero-order chi connectivity index (χ0) is 16.4. The van der Waals surface area contributed by atoms with Crippen molar-refractivity contribution in [2.75, 3.05) is 6.54 Å². The van der Waals surface area contributed by atoms with Crippen LogP contribution in [0.3, 0.4) is 0 Å². The summed E-state index contributed by atoms with van der Waals surface area (Å²) in [6.07, 6.45) is 3.80. The lowest BCUT2D eigenvalue weighted by molar-refractivity contribution is -0.141. The summed E-state index contributed by atoms with van der Waals surface area (Å²) in [7, 11) is 0. The van der Waals surface area contributed by atoms with Gasteiger partial charge in [0.1, 0.15) is 6.04 Å². The lowest BCUT2D eigenvalue weighted by Gasteiger charge is -2.12. The molecule has 0 aliphatic heterocycles. The molecule has 118 valence electrons. The molecule has 1 unspecified atom stereocenters. The second-order valence-corrected chi connectivity index (χ2v) is 4.81. The zero-order valence-corrected chi connectivity index (χ0v) is 12.5. The van der Waals surface area contributed by atoms with Crippen LogP contribution in [0, 0.1) is 0 Å². The molecule has 1 amide bonds. The van der Waals surface area contributed by atoms with Crippen molar-refractivity contribution >= 4 is 23.8 Å². The first kappa shape index (κ1) is 17.4. The van der Waals surface area contributed by atoms with Crippen LogP contribution in [0.2, 0.25) is 0 Å². The van der Waals surface area contributed by atoms with Crippen molar-refractivity contribution in [3.63, 3.8) is 0 Å². The molecule has 0 saturated heterocycles. The van der Waals surface area contributed by atoms with E-state index in [2.05, 4.69) is 10.3 Å². The van der Waals surface area contributed by atoms with Crippen LogP contribution in [0.1, 0.15) is 25.3 Å². The van der Waals surface area contributed by atoms with Crippen LogP contribution < -0.4 is 11.1 Å². The van der Waals surface area contributed by atoms with Gasteiger partial charge in [-0.2, -0.15) is 0 Å². The molecule has 1 aromatic carbocycles. The molecule has 1 rings (SSSR count). The van der Waals surface area contributed by atoms with Crippen LogP contribution >= 0.6 is 0 Å². The highest BCUT2D eigenvalue weighted by Gasteiger charge is 2.18. The maximum absolute atomic E-state index is 11.8. The van der Waals surface area contributed by atoms with Crippen LogP contribution in [0.4, 0.5) is 0 Å². The first-order valence-corrected chi connectivity index (χ1v) is 7.02. The van der Waals surface area contributed by atoms with E-state index in [0.717, 1.165) is 5.56 Å². The van der Waals surface area contributed by atoms with E-state index in [0.29, 0.717) is 25.2 Å². The minimum atomic E-state index is -1.06. The van der Waals surface area contributed by atoms with Gasteiger partial charge in [-0.05, 0) is 31.4 Å². The molecule has 6 heteroatoms. The summed E-state index contributed by atoms with van der Waals surface area (Å²) in [5.74, 6) is -1.04. The summed E-state index contributed by atoms with van der Waals surface area (Å²) in [5, 5.41) is 11.6. The first-order valence-electron chi connectivity index (χ1n) is 7.02. The predicted octanol–water partition coefficient (Wildman–Crippen LogP) is 1.43. The monoisotopic (exact) mass is 303 g/mol. The molecule has 1 aromatic rings. The molecule has 0 aromatic heterocycles. The third kappa shape index (κ3) is 7.23. The van der Waals surface area contributed by atoms with E-state index < -0.39 is 17.9 Å². The number of rotatable bonds is 8. The number of carboxylic acids is 1. The Morgan fingerprint density at radius 1 is 1.36 bits per heavy atom. The van der Waals surface area contributed by atoms with Crippen LogP contribution in [0.15, 0.2) is 41.4 Å². The highest BCUT2D eigenvalue weighted by atomic mass is 16.4. The Balaban J connectivity index is 2.48. The van der Waals surface area contributed by atoms with Gasteiger partial charge in [-0.3, -0.25) is 9.79 Å². The molecule has 0 saturated carbocycles. The van der Waals surface area contributed by atoms with Gasteiger partial charge in [0.25, 0.3) is 0 Å². The normalized spacial score (nSPS) is 13.0. The van der Waals surface area contributed by atoms with E-state index in [-0.39, 0.29) is 0 Å². The van der Waals surface area contributed by atoms with Gasteiger partial charge in [0.15, 0.2) is 0 Å². The van der Waals surface area contributed by atoms with Gasteiger partial charge in [-0.1, -0.05) is 30.3 Å². The molecule has 22 heavy (non-hydrogen) atoms. The third-order valence-electron chi connectivity index (χ3n) is 2.85. The first-order chi connectivity index (χ1) is 10.5. The molecule has 0 heterocycles. The third-order valence-corrected chi connectivity index (χ3v) is 2.85. The van der Waals surface area contributed by atoms with Crippen molar-refractivity contribution in [2.45, 2.75) is 25.8 Å². The zero-order valence-electron chi connectivity index (χ0n) is 12.5. The van der Waals surface area contributed by atoms with Crippen LogP contribution in [0.25, 0.3) is 6.08 Å². The van der Waals surface area contributed by atoms with Crippen molar-refractivity contribution in [2.24, 2.45) is 10.7 Å². The van der Waals surface area contributed by atoms with E-state index in [1.54, 1.807) is 13.0 Å². The van der Waals surface area contributed by atoms with Gasteiger partial charge in [-0.25, -0.2) is 4.79 Å². The van der Waals surface area contributed by atoms with Crippen molar-refractivity contribution in [1.82, 2.24) is 5.32 Å². The number of aliphatic carboxylic acids is 1. The Morgan fingerprint density at radius 3 is 2.64 bits per heavy atom. The second-order valence-electron chi connectivity index (χ2n) is 4.81. The number of nitrogens with two attached hydrogens (primary N) is 1. The molecule has 0 fully saturated rings. The number of nitrogens with zero attached hydrogens (tertiary/aromatic N) is 1. The fourth-order valence-corrected chi connectivity index (χ4v) is 1.76. The number of hydrogen-bond acceptors (Lipinski definition) is 3. The van der Waals surface area contributed by atoms with Crippen LogP contribution in [0.5, 0.6) is 0 Å². The predicted molar refractivity (Wildman–Crippen MR) is 86.4 cm³/mol. The highest BCUT2D eigenvalue weighted by molar-refractivity contribution is 5.94. The summed E-state index contributed by atoms with van der Waals surface area (Å²) in [4.78, 5) is 26.9. The van der Waals surface area contributed by atoms with Crippen LogP contribution in [-0.4, -0.2) is 35.4 Å². The molecule has 0 radical (unpaired) electrons. The Morgan fingerprint density at radius 2 is 2.05 bits per heavy atom. The molecule has 0 spiro atoms. The number of carbonyl (C=O) groups excluding carboxylic acids is 1. The standard InChI is InChI=1S/C16H21N3O3/c1-12(17)18-11-5-8-14(16(21)22)19-15(20)10-9-13-6-3-2-4-7-13/h2-4,6-7,9-10,14H,5,8,11H2,1H3,(H2,17,18)(H,19,20)(H,21,22)/b10-9+. The number of carboxylic acid groups (broad SMARTS) is 1. The Hall–Kier alpha value is -2.63. The number of hydrogen-bond donors (Lipinski definition) is 3. The molecule has 4 N–H and O–H groups in total. The maximum atomic E-state index is 11.8. The van der Waals surface area contributed by atoms with Crippen molar-refractivity contribution < 1.29 is 14.7 Å². The number of benzene rings is 1. The smallest absolute Gasteiger partial charge is 0.326 e. The summed E-state index contributed by atoms with van der Waals surface area (Å²) in [5.41, 5.74) is 6.27. The van der Waals surface area contributed by atoms with Gasteiger partial charge in [0, 0.05) is 12.6 Å². The quantitative estimate of drug-likeness (QED) is 0.292. The SMILES string of the molecule is CC(N)=NCCCC(NC(=O)/C=C/c1ccccc1)C(=O)O. The average molecular weight is 303 g/mol. The maximum Gasteiger partial charge on any atom is 0.326 e. The topological polar surface area (TPSA) is 105 Å². The van der Waals surface area contributed by atoms with Gasteiger partial charge in [0.2, 0.25) is 5.91 Å². The van der Waals surface area contributed by atoms with Crippen molar-refractivity contribution in [3.05, 3.63) is 42.0 Å². The van der Waals surface area contributed by atoms with Gasteiger partial charge in [-0.15, -0.1) is 0 Å². The Labute approximate surface area is 129 Å². The fraction of sp³-hybridized carbons (Fsp3) is 0.312. The minimum absolute atomic E-state index is 0.303. The molecular formula is C16H21N3O3. The molecule has 0 aliphatic rings. The van der Waals surface area contributed by atoms with Gasteiger partial charge >= 0.3 is 5.97 Å². The fourth-order valence-electron chi connectivity index (χ4n) is 1.76. The average Bonchev–Trinajstić information content (AvgIpc) is 2.48. The van der Waals surface area contributed by atoms with E-state index >= 15 is 0 Å². The summed E-state index contributed by atoms with van der Waals surface area (Å²) >= 11 is 0. The lowest BCUT2D eigenvalue weighted by atomic mass is 10.1. The van der Waals surface area contributed by atoms with E-state index in [1.807, 2.05) is 30.3 Å². The Kier molecular flexibility index (Phi) is 7.39. The van der Waals surface area contributed by atoms with Crippen LogP contribution in [-0.2, 0) is 9.59 Å². The number of amides is 1. The van der Waals surface area contributed by atoms with Gasteiger partial charge < -0.3 is 16.2 Å². The lowest BCUT2D eigenvalue weighted by Crippen LogP contribution is -2.40. The number of aliphatic imine (C=N–C) groups is 1. The summed E-state index contributed by atoms with van der Waals surface area (Å²) in [6.45, 7) is 2.12. The molecule has 6 nitrogen and oxygen atoms in total. The van der Waals surface area contributed by atoms with Crippen molar-refractivity contribution in [3.8, 4) is 0 Å². The summed E-state index contributed by atoms with van der Waals surface area (Å²) in [6, 6.07) is 8.37. The Bertz CT molecular complexity index is 549. The molecule has 0 aliphatic carbocycles. The molecule has 0 bridgehead atoms. The second kappa shape index (κ2) is 9.33. The molecule has 1 atom stereocenters. The van der Waals surface area contributed by atoms with E-state index in [1.165, 1.54) is 6.08 Å². The van der Waals surface area contributed by atoms with Crippen molar-refractivity contribution in [1.29, 1.82) is 0 Å². The van der Waals surface area contributed by atoms with E-state index in [9.17, 15) is 9.59 Å². The molecular weight excluding hydrogens is 282 g/mol. The largest absolute Gasteiger partial charge is 0.480 e. The minimum Gasteiger partial charge on any atom is -0.480 e.